The monoisotopic (exact) mass is 329 g/mol. The SMILES string of the molecule is CCC1CN(C2CCN(C(=S)NCC(=O)OC)CC2)C(=O)O1. The lowest BCUT2D eigenvalue weighted by Crippen LogP contribution is -2.50. The van der Waals surface area contributed by atoms with E-state index < -0.39 is 0 Å². The molecule has 2 fully saturated rings. The Morgan fingerprint density at radius 1 is 1.45 bits per heavy atom. The quantitative estimate of drug-likeness (QED) is 0.602. The fraction of sp³-hybridized carbons (Fsp3) is 0.786. The highest BCUT2D eigenvalue weighted by atomic mass is 32.1. The molecule has 124 valence electrons. The molecule has 0 radical (unpaired) electrons. The minimum absolute atomic E-state index is 0.0216. The maximum atomic E-state index is 11.9. The average molecular weight is 329 g/mol. The van der Waals surface area contributed by atoms with Crippen LogP contribution in [-0.4, -0.2) is 72.4 Å². The number of hydrogen-bond acceptors (Lipinski definition) is 5. The van der Waals surface area contributed by atoms with Gasteiger partial charge >= 0.3 is 12.1 Å². The van der Waals surface area contributed by atoms with E-state index in [-0.39, 0.29) is 30.8 Å². The summed E-state index contributed by atoms with van der Waals surface area (Å²) in [6.07, 6.45) is 2.38. The molecule has 0 aromatic rings. The van der Waals surface area contributed by atoms with Crippen molar-refractivity contribution in [2.24, 2.45) is 0 Å². The Hall–Kier alpha value is -1.57. The van der Waals surface area contributed by atoms with Crippen molar-refractivity contribution in [3.8, 4) is 0 Å². The third-order valence-corrected chi connectivity index (χ3v) is 4.56. The molecule has 2 heterocycles. The minimum Gasteiger partial charge on any atom is -0.468 e. The number of amides is 1. The molecule has 2 saturated heterocycles. The molecule has 0 bridgehead atoms. The molecule has 1 unspecified atom stereocenters. The van der Waals surface area contributed by atoms with Gasteiger partial charge in [0.1, 0.15) is 12.6 Å². The second-order valence-electron chi connectivity index (χ2n) is 5.52. The van der Waals surface area contributed by atoms with E-state index >= 15 is 0 Å². The molecule has 2 aliphatic heterocycles. The van der Waals surface area contributed by atoms with Crippen LogP contribution in [0.5, 0.6) is 0 Å². The van der Waals surface area contributed by atoms with Crippen molar-refractivity contribution >= 4 is 29.4 Å². The summed E-state index contributed by atoms with van der Waals surface area (Å²) in [4.78, 5) is 26.8. The normalized spacial score (nSPS) is 22.5. The van der Waals surface area contributed by atoms with E-state index in [1.165, 1.54) is 7.11 Å². The molecule has 1 atom stereocenters. The number of nitrogens with one attached hydrogen (secondary N) is 1. The molecule has 2 rings (SSSR count). The van der Waals surface area contributed by atoms with Crippen LogP contribution in [0.1, 0.15) is 26.2 Å². The van der Waals surface area contributed by atoms with Gasteiger partial charge in [-0.3, -0.25) is 4.79 Å². The maximum absolute atomic E-state index is 11.9. The fourth-order valence-electron chi connectivity index (χ4n) is 2.76. The van der Waals surface area contributed by atoms with Gasteiger partial charge in [-0.25, -0.2) is 4.79 Å². The molecule has 7 nitrogen and oxygen atoms in total. The predicted octanol–water partition coefficient (Wildman–Crippen LogP) is 0.729. The number of hydrogen-bond donors (Lipinski definition) is 1. The number of methoxy groups -OCH3 is 1. The number of carbonyl (C=O) groups is 2. The molecule has 2 aliphatic rings. The highest BCUT2D eigenvalue weighted by Crippen LogP contribution is 2.23. The molecule has 0 aliphatic carbocycles. The summed E-state index contributed by atoms with van der Waals surface area (Å²) in [6, 6.07) is 0.212. The Morgan fingerprint density at radius 3 is 2.68 bits per heavy atom. The lowest BCUT2D eigenvalue weighted by atomic mass is 10.0. The van der Waals surface area contributed by atoms with Crippen molar-refractivity contribution in [1.29, 1.82) is 0 Å². The first kappa shape index (κ1) is 16.8. The zero-order chi connectivity index (χ0) is 16.1. The van der Waals surface area contributed by atoms with Crippen LogP contribution in [-0.2, 0) is 14.3 Å². The molecular weight excluding hydrogens is 306 g/mol. The highest BCUT2D eigenvalue weighted by Gasteiger charge is 2.36. The fourth-order valence-corrected chi connectivity index (χ4v) is 3.02. The summed E-state index contributed by atoms with van der Waals surface area (Å²) in [6.45, 7) is 4.31. The molecule has 0 aromatic heterocycles. The smallest absolute Gasteiger partial charge is 0.410 e. The summed E-state index contributed by atoms with van der Waals surface area (Å²) < 4.78 is 9.88. The van der Waals surface area contributed by atoms with Crippen molar-refractivity contribution in [3.05, 3.63) is 0 Å². The number of likely N-dealkylation sites (tertiary alicyclic amines) is 1. The van der Waals surface area contributed by atoms with Gasteiger partial charge in [0.2, 0.25) is 0 Å². The van der Waals surface area contributed by atoms with Gasteiger partial charge < -0.3 is 24.6 Å². The molecule has 8 heteroatoms. The van der Waals surface area contributed by atoms with Crippen LogP contribution in [0, 0.1) is 0 Å². The third kappa shape index (κ3) is 4.00. The number of piperidine rings is 1. The number of esters is 1. The van der Waals surface area contributed by atoms with Gasteiger partial charge in [0.05, 0.1) is 13.7 Å². The number of ether oxygens (including phenoxy) is 2. The van der Waals surface area contributed by atoms with E-state index in [4.69, 9.17) is 17.0 Å². The average Bonchev–Trinajstić information content (AvgIpc) is 2.93. The van der Waals surface area contributed by atoms with Gasteiger partial charge in [-0.05, 0) is 31.5 Å². The number of carbonyl (C=O) groups excluding carboxylic acids is 2. The van der Waals surface area contributed by atoms with Crippen LogP contribution >= 0.6 is 12.2 Å². The predicted molar refractivity (Wildman–Crippen MR) is 84.5 cm³/mol. The van der Waals surface area contributed by atoms with E-state index in [2.05, 4.69) is 10.1 Å². The summed E-state index contributed by atoms with van der Waals surface area (Å²) >= 11 is 5.28. The first-order valence-electron chi connectivity index (χ1n) is 7.62. The largest absolute Gasteiger partial charge is 0.468 e. The van der Waals surface area contributed by atoms with Crippen LogP contribution in [0.25, 0.3) is 0 Å². The maximum Gasteiger partial charge on any atom is 0.410 e. The van der Waals surface area contributed by atoms with Crippen molar-refractivity contribution in [2.75, 3.05) is 33.3 Å². The van der Waals surface area contributed by atoms with Crippen LogP contribution in [0.2, 0.25) is 0 Å². The van der Waals surface area contributed by atoms with E-state index in [0.717, 1.165) is 32.4 Å². The van der Waals surface area contributed by atoms with Crippen molar-refractivity contribution < 1.29 is 19.1 Å². The Kier molecular flexibility index (Phi) is 5.82. The Morgan fingerprint density at radius 2 is 2.14 bits per heavy atom. The molecular formula is C14H23N3O4S. The standard InChI is InChI=1S/C14H23N3O4S/c1-3-11-9-17(14(19)21-11)10-4-6-16(7-5-10)13(22)15-8-12(18)20-2/h10-11H,3-9H2,1-2H3,(H,15,22). The summed E-state index contributed by atoms with van der Waals surface area (Å²) in [5, 5.41) is 3.44. The number of nitrogens with zero attached hydrogens (tertiary/aromatic N) is 2. The molecule has 22 heavy (non-hydrogen) atoms. The van der Waals surface area contributed by atoms with E-state index in [0.29, 0.717) is 11.7 Å². The molecule has 0 aromatic carbocycles. The van der Waals surface area contributed by atoms with Gasteiger partial charge in [0.25, 0.3) is 0 Å². The second-order valence-corrected chi connectivity index (χ2v) is 5.91. The summed E-state index contributed by atoms with van der Waals surface area (Å²) in [5.41, 5.74) is 0. The zero-order valence-corrected chi connectivity index (χ0v) is 13.9. The second kappa shape index (κ2) is 7.62. The molecule has 1 N–H and O–H groups in total. The number of cyclic esters (lactones) is 1. The molecule has 0 spiro atoms. The van der Waals surface area contributed by atoms with E-state index in [9.17, 15) is 9.59 Å². The van der Waals surface area contributed by atoms with Crippen molar-refractivity contribution in [1.82, 2.24) is 15.1 Å². The lowest BCUT2D eigenvalue weighted by Gasteiger charge is -2.36. The summed E-state index contributed by atoms with van der Waals surface area (Å²) in [7, 11) is 1.34. The van der Waals surface area contributed by atoms with Gasteiger partial charge in [0, 0.05) is 19.1 Å². The van der Waals surface area contributed by atoms with E-state index in [1.807, 2.05) is 16.7 Å². The van der Waals surface area contributed by atoms with Crippen molar-refractivity contribution in [2.45, 2.75) is 38.3 Å². The molecule has 0 saturated carbocycles. The zero-order valence-electron chi connectivity index (χ0n) is 13.0. The number of rotatable bonds is 4. The van der Waals surface area contributed by atoms with Crippen LogP contribution in [0.3, 0.4) is 0 Å². The minimum atomic E-state index is -0.345. The van der Waals surface area contributed by atoms with Crippen molar-refractivity contribution in [3.63, 3.8) is 0 Å². The Bertz CT molecular complexity index is 438. The number of thiocarbonyl (C=S) groups is 1. The van der Waals surface area contributed by atoms with Crippen LogP contribution in [0.15, 0.2) is 0 Å². The Balaban J connectivity index is 1.77. The van der Waals surface area contributed by atoms with Gasteiger partial charge in [0.15, 0.2) is 5.11 Å². The first-order valence-corrected chi connectivity index (χ1v) is 8.02. The topological polar surface area (TPSA) is 71.1 Å². The lowest BCUT2D eigenvalue weighted by molar-refractivity contribution is -0.139. The highest BCUT2D eigenvalue weighted by molar-refractivity contribution is 7.80. The van der Waals surface area contributed by atoms with E-state index in [1.54, 1.807) is 0 Å². The van der Waals surface area contributed by atoms with Gasteiger partial charge in [-0.2, -0.15) is 0 Å². The van der Waals surface area contributed by atoms with Crippen LogP contribution < -0.4 is 5.32 Å². The van der Waals surface area contributed by atoms with Crippen LogP contribution in [0.4, 0.5) is 4.79 Å². The Labute approximate surface area is 135 Å². The van der Waals surface area contributed by atoms with Gasteiger partial charge in [-0.1, -0.05) is 6.92 Å². The summed E-state index contributed by atoms with van der Waals surface area (Å²) in [5.74, 6) is -0.345. The van der Waals surface area contributed by atoms with Gasteiger partial charge in [-0.15, -0.1) is 0 Å². The first-order chi connectivity index (χ1) is 10.5. The third-order valence-electron chi connectivity index (χ3n) is 4.16. The molecule has 1 amide bonds.